The van der Waals surface area contributed by atoms with Gasteiger partial charge in [0.1, 0.15) is 5.84 Å². The number of benzene rings is 1. The number of sulfonamides is 1. The number of rotatable bonds is 4. The number of hydrogen-bond acceptors (Lipinski definition) is 7. The summed E-state index contributed by atoms with van der Waals surface area (Å²) in [6.45, 7) is 2.75. The van der Waals surface area contributed by atoms with Gasteiger partial charge in [0.2, 0.25) is 10.0 Å². The first kappa shape index (κ1) is 18.6. The molecule has 4 rings (SSSR count). The molecule has 3 heterocycles. The zero-order valence-electron chi connectivity index (χ0n) is 15.3. The topological polar surface area (TPSA) is 104 Å². The van der Waals surface area contributed by atoms with E-state index in [0.29, 0.717) is 43.5 Å². The number of nitrogens with two attached hydrogens (primary N) is 1. The lowest BCUT2D eigenvalue weighted by Gasteiger charge is -2.29. The Balaban J connectivity index is 1.64. The Morgan fingerprint density at radius 1 is 1.07 bits per heavy atom. The first-order valence-electron chi connectivity index (χ1n) is 9.07. The van der Waals surface area contributed by atoms with E-state index in [4.69, 9.17) is 5.73 Å². The van der Waals surface area contributed by atoms with Crippen LogP contribution in [0.2, 0.25) is 0 Å². The summed E-state index contributed by atoms with van der Waals surface area (Å²) in [5, 5.41) is 3.17. The summed E-state index contributed by atoms with van der Waals surface area (Å²) in [6.07, 6.45) is 5.17. The van der Waals surface area contributed by atoms with E-state index in [1.807, 2.05) is 17.0 Å². The van der Waals surface area contributed by atoms with Crippen LogP contribution >= 0.6 is 0 Å². The minimum absolute atomic E-state index is 0.297. The molecule has 0 atom stereocenters. The molecule has 2 aliphatic rings. The van der Waals surface area contributed by atoms with Crippen LogP contribution in [0.3, 0.4) is 0 Å². The fourth-order valence-electron chi connectivity index (χ4n) is 3.31. The number of nitrogens with zero attached hydrogens (tertiary/aromatic N) is 4. The van der Waals surface area contributed by atoms with E-state index in [-0.39, 0.29) is 0 Å². The molecule has 9 heteroatoms. The van der Waals surface area contributed by atoms with Crippen LogP contribution in [0.15, 0.2) is 64.9 Å². The van der Waals surface area contributed by atoms with Gasteiger partial charge in [-0.05, 0) is 29.8 Å². The van der Waals surface area contributed by atoms with Crippen molar-refractivity contribution in [2.24, 2.45) is 10.7 Å². The minimum atomic E-state index is -3.48. The molecule has 3 N–H and O–H groups in total. The summed E-state index contributed by atoms with van der Waals surface area (Å²) in [7, 11) is -3.48. The molecule has 0 unspecified atom stereocenters. The van der Waals surface area contributed by atoms with E-state index < -0.39 is 10.0 Å². The first-order chi connectivity index (χ1) is 13.6. The van der Waals surface area contributed by atoms with E-state index in [9.17, 15) is 8.42 Å². The third-order valence-electron chi connectivity index (χ3n) is 4.78. The number of nitrogens with one attached hydrogen (secondary N) is 1. The monoisotopic (exact) mass is 398 g/mol. The second-order valence-corrected chi connectivity index (χ2v) is 8.55. The summed E-state index contributed by atoms with van der Waals surface area (Å²) >= 11 is 0. The second kappa shape index (κ2) is 7.70. The van der Waals surface area contributed by atoms with Gasteiger partial charge < -0.3 is 16.0 Å². The van der Waals surface area contributed by atoms with Crippen molar-refractivity contribution in [2.75, 3.05) is 37.6 Å². The molecular formula is C19H22N6O2S. The van der Waals surface area contributed by atoms with E-state index >= 15 is 0 Å². The maximum absolute atomic E-state index is 12.8. The van der Waals surface area contributed by atoms with Gasteiger partial charge in [-0.1, -0.05) is 12.1 Å². The average molecular weight is 398 g/mol. The van der Waals surface area contributed by atoms with Crippen molar-refractivity contribution in [1.82, 2.24) is 14.6 Å². The molecular weight excluding hydrogens is 376 g/mol. The molecule has 2 aliphatic heterocycles. The standard InChI is InChI=1S/C19H22N6O2S/c20-19-14-25(16-2-1-7-22-12-16)18(13-23-19)15-3-5-17(6-4-15)28(26,27)24-10-8-21-9-11-24/h1-7,12-13,21H,8-11,14H2,(H2,20,23). The van der Waals surface area contributed by atoms with Crippen LogP contribution in [0.1, 0.15) is 5.56 Å². The first-order valence-corrected chi connectivity index (χ1v) is 10.5. The lowest BCUT2D eigenvalue weighted by Crippen LogP contribution is -2.46. The average Bonchev–Trinajstić information content (AvgIpc) is 2.75. The molecule has 1 aromatic carbocycles. The van der Waals surface area contributed by atoms with E-state index in [1.165, 1.54) is 4.31 Å². The molecule has 0 radical (unpaired) electrons. The molecule has 0 aliphatic carbocycles. The second-order valence-electron chi connectivity index (χ2n) is 6.61. The Kier molecular flexibility index (Phi) is 5.12. The number of pyridine rings is 1. The Morgan fingerprint density at radius 3 is 2.50 bits per heavy atom. The summed E-state index contributed by atoms with van der Waals surface area (Å²) in [6, 6.07) is 10.7. The maximum atomic E-state index is 12.8. The summed E-state index contributed by atoms with van der Waals surface area (Å²) in [4.78, 5) is 10.7. The SMILES string of the molecule is NC1=NC=C(c2ccc(S(=O)(=O)N3CCNCC3)cc2)N(c2cccnc2)C1. The van der Waals surface area contributed by atoms with E-state index in [2.05, 4.69) is 15.3 Å². The highest BCUT2D eigenvalue weighted by Crippen LogP contribution is 2.28. The van der Waals surface area contributed by atoms with Crippen LogP contribution in [-0.2, 0) is 10.0 Å². The molecule has 0 bridgehead atoms. The molecule has 0 saturated carbocycles. The van der Waals surface area contributed by atoms with Gasteiger partial charge in [0.15, 0.2) is 0 Å². The molecule has 2 aromatic rings. The quantitative estimate of drug-likeness (QED) is 0.791. The van der Waals surface area contributed by atoms with Crippen molar-refractivity contribution in [3.8, 4) is 0 Å². The number of hydrogen-bond donors (Lipinski definition) is 2. The molecule has 1 fully saturated rings. The van der Waals surface area contributed by atoms with Crippen molar-refractivity contribution < 1.29 is 8.42 Å². The van der Waals surface area contributed by atoms with E-state index in [1.54, 1.807) is 42.9 Å². The van der Waals surface area contributed by atoms with Gasteiger partial charge in [0.05, 0.1) is 35.2 Å². The molecule has 28 heavy (non-hydrogen) atoms. The van der Waals surface area contributed by atoms with Gasteiger partial charge in [-0.3, -0.25) is 4.98 Å². The number of aliphatic imine (C=N–C) groups is 1. The smallest absolute Gasteiger partial charge is 0.243 e. The van der Waals surface area contributed by atoms with Crippen molar-refractivity contribution in [2.45, 2.75) is 4.90 Å². The van der Waals surface area contributed by atoms with Gasteiger partial charge in [-0.2, -0.15) is 4.31 Å². The van der Waals surface area contributed by atoms with Gasteiger partial charge in [-0.25, -0.2) is 13.4 Å². The largest absolute Gasteiger partial charge is 0.386 e. The number of piperazine rings is 1. The molecule has 0 spiro atoms. The van der Waals surface area contributed by atoms with Crippen LogP contribution in [0.25, 0.3) is 5.70 Å². The van der Waals surface area contributed by atoms with Crippen molar-refractivity contribution in [3.05, 3.63) is 60.6 Å². The third-order valence-corrected chi connectivity index (χ3v) is 6.70. The molecule has 8 nitrogen and oxygen atoms in total. The minimum Gasteiger partial charge on any atom is -0.386 e. The maximum Gasteiger partial charge on any atom is 0.243 e. The van der Waals surface area contributed by atoms with Crippen LogP contribution < -0.4 is 16.0 Å². The lowest BCUT2D eigenvalue weighted by atomic mass is 10.1. The highest BCUT2D eigenvalue weighted by molar-refractivity contribution is 7.89. The van der Waals surface area contributed by atoms with Gasteiger partial charge in [0.25, 0.3) is 0 Å². The summed E-state index contributed by atoms with van der Waals surface area (Å²) < 4.78 is 27.2. The number of anilines is 1. The summed E-state index contributed by atoms with van der Waals surface area (Å²) in [5.74, 6) is 0.505. The van der Waals surface area contributed by atoms with Gasteiger partial charge >= 0.3 is 0 Å². The van der Waals surface area contributed by atoms with Crippen LogP contribution in [-0.4, -0.2) is 56.3 Å². The predicted octanol–water partition coefficient (Wildman–Crippen LogP) is 0.851. The molecule has 0 amide bonds. The Hall–Kier alpha value is -2.75. The third kappa shape index (κ3) is 3.64. The predicted molar refractivity (Wildman–Crippen MR) is 109 cm³/mol. The zero-order chi connectivity index (χ0) is 19.6. The zero-order valence-corrected chi connectivity index (χ0v) is 16.1. The fraction of sp³-hybridized carbons (Fsp3) is 0.263. The number of amidine groups is 1. The fourth-order valence-corrected chi connectivity index (χ4v) is 4.75. The van der Waals surface area contributed by atoms with Crippen LogP contribution in [0.5, 0.6) is 0 Å². The highest BCUT2D eigenvalue weighted by atomic mass is 32.2. The number of aromatic nitrogens is 1. The Bertz CT molecular complexity index is 996. The van der Waals surface area contributed by atoms with Crippen molar-refractivity contribution in [1.29, 1.82) is 0 Å². The van der Waals surface area contributed by atoms with E-state index in [0.717, 1.165) is 16.9 Å². The highest BCUT2D eigenvalue weighted by Gasteiger charge is 2.26. The lowest BCUT2D eigenvalue weighted by molar-refractivity contribution is 0.360. The Morgan fingerprint density at radius 2 is 1.82 bits per heavy atom. The normalized spacial score (nSPS) is 18.5. The molecule has 1 aromatic heterocycles. The Labute approximate surface area is 164 Å². The van der Waals surface area contributed by atoms with Crippen LogP contribution in [0, 0.1) is 0 Å². The van der Waals surface area contributed by atoms with Gasteiger partial charge in [0, 0.05) is 32.4 Å². The van der Waals surface area contributed by atoms with Crippen LogP contribution in [0.4, 0.5) is 5.69 Å². The van der Waals surface area contributed by atoms with Crippen molar-refractivity contribution in [3.63, 3.8) is 0 Å². The van der Waals surface area contributed by atoms with Crippen molar-refractivity contribution >= 4 is 27.2 Å². The van der Waals surface area contributed by atoms with Gasteiger partial charge in [-0.15, -0.1) is 0 Å². The molecule has 1 saturated heterocycles. The molecule has 146 valence electrons. The summed E-state index contributed by atoms with van der Waals surface area (Å²) in [5.41, 5.74) is 8.51.